The molecule has 0 bridgehead atoms. The normalized spacial score (nSPS) is 10.4. The quantitative estimate of drug-likeness (QED) is 0.894. The van der Waals surface area contributed by atoms with Gasteiger partial charge in [-0.1, -0.05) is 48.5 Å². The van der Waals surface area contributed by atoms with Crippen LogP contribution in [0.5, 0.6) is 0 Å². The maximum Gasteiger partial charge on any atom is 0.313 e. The molecule has 3 heteroatoms. The lowest BCUT2D eigenvalue weighted by Crippen LogP contribution is -1.98. The van der Waals surface area contributed by atoms with Gasteiger partial charge in [0.15, 0.2) is 0 Å². The van der Waals surface area contributed by atoms with E-state index in [9.17, 15) is 4.79 Å². The molecule has 0 saturated heterocycles. The van der Waals surface area contributed by atoms with Gasteiger partial charge >= 0.3 is 5.97 Å². The molecule has 0 aliphatic heterocycles. The van der Waals surface area contributed by atoms with Crippen molar-refractivity contribution in [2.75, 3.05) is 5.75 Å². The van der Waals surface area contributed by atoms with E-state index < -0.39 is 5.97 Å². The molecule has 0 amide bonds. The molecule has 0 spiro atoms. The third-order valence-corrected chi connectivity index (χ3v) is 3.87. The van der Waals surface area contributed by atoms with Gasteiger partial charge in [-0.15, -0.1) is 11.8 Å². The summed E-state index contributed by atoms with van der Waals surface area (Å²) in [5, 5.41) is 8.65. The van der Waals surface area contributed by atoms with Crippen molar-refractivity contribution in [2.45, 2.75) is 12.7 Å². The van der Waals surface area contributed by atoms with Crippen molar-refractivity contribution in [3.8, 4) is 11.1 Å². The molecule has 2 aromatic carbocycles. The fraction of sp³-hybridized carbons (Fsp3) is 0.188. The van der Waals surface area contributed by atoms with E-state index in [-0.39, 0.29) is 5.75 Å². The molecule has 0 fully saturated rings. The maximum absolute atomic E-state index is 10.5. The summed E-state index contributed by atoms with van der Waals surface area (Å²) < 4.78 is 0. The standard InChI is InChI=1S/C16H16O2S/c1-12-7-8-13(10-19-11-16(17)18)9-15(12)14-5-3-2-4-6-14/h2-9H,10-11H2,1H3,(H,17,18). The number of aryl methyl sites for hydroxylation is 1. The van der Waals surface area contributed by atoms with Crippen LogP contribution in [0, 0.1) is 6.92 Å². The number of hydrogen-bond acceptors (Lipinski definition) is 2. The third kappa shape index (κ3) is 3.86. The summed E-state index contributed by atoms with van der Waals surface area (Å²) >= 11 is 1.42. The van der Waals surface area contributed by atoms with Crippen molar-refractivity contribution in [3.05, 3.63) is 59.7 Å². The molecule has 0 aliphatic rings. The van der Waals surface area contributed by atoms with Crippen molar-refractivity contribution in [3.63, 3.8) is 0 Å². The first-order chi connectivity index (χ1) is 9.16. The number of rotatable bonds is 5. The summed E-state index contributed by atoms with van der Waals surface area (Å²) in [5.41, 5.74) is 4.81. The largest absolute Gasteiger partial charge is 0.481 e. The van der Waals surface area contributed by atoms with Gasteiger partial charge in [-0.2, -0.15) is 0 Å². The summed E-state index contributed by atoms with van der Waals surface area (Å²) in [6.45, 7) is 2.09. The van der Waals surface area contributed by atoms with E-state index >= 15 is 0 Å². The average molecular weight is 272 g/mol. The first kappa shape index (κ1) is 13.7. The second kappa shape index (κ2) is 6.43. The van der Waals surface area contributed by atoms with Crippen LogP contribution in [0.2, 0.25) is 0 Å². The highest BCUT2D eigenvalue weighted by molar-refractivity contribution is 7.99. The Morgan fingerprint density at radius 1 is 1.16 bits per heavy atom. The van der Waals surface area contributed by atoms with Gasteiger partial charge in [0.25, 0.3) is 0 Å². The first-order valence-corrected chi connectivity index (χ1v) is 7.27. The first-order valence-electron chi connectivity index (χ1n) is 6.11. The van der Waals surface area contributed by atoms with Gasteiger partial charge in [0.1, 0.15) is 0 Å². The van der Waals surface area contributed by atoms with Crippen LogP contribution in [0.4, 0.5) is 0 Å². The molecular formula is C16H16O2S. The van der Waals surface area contributed by atoms with Gasteiger partial charge in [0, 0.05) is 5.75 Å². The van der Waals surface area contributed by atoms with E-state index in [1.807, 2.05) is 18.2 Å². The number of carboxylic acid groups (broad SMARTS) is 1. The van der Waals surface area contributed by atoms with Crippen molar-refractivity contribution >= 4 is 17.7 Å². The molecule has 2 aromatic rings. The Morgan fingerprint density at radius 3 is 2.58 bits per heavy atom. The summed E-state index contributed by atoms with van der Waals surface area (Å²) in [7, 11) is 0. The van der Waals surface area contributed by atoms with Crippen LogP contribution < -0.4 is 0 Å². The number of benzene rings is 2. The molecule has 2 nitrogen and oxygen atoms in total. The van der Waals surface area contributed by atoms with E-state index in [0.717, 1.165) is 11.3 Å². The predicted octanol–water partition coefficient (Wildman–Crippen LogP) is 3.98. The van der Waals surface area contributed by atoms with E-state index in [4.69, 9.17) is 5.11 Å². The van der Waals surface area contributed by atoms with Crippen molar-refractivity contribution in [2.24, 2.45) is 0 Å². The van der Waals surface area contributed by atoms with Crippen LogP contribution in [0.25, 0.3) is 11.1 Å². The third-order valence-electron chi connectivity index (χ3n) is 2.88. The van der Waals surface area contributed by atoms with E-state index in [1.54, 1.807) is 0 Å². The molecule has 0 unspecified atom stereocenters. The lowest BCUT2D eigenvalue weighted by Gasteiger charge is -2.09. The molecule has 0 radical (unpaired) electrons. The highest BCUT2D eigenvalue weighted by Gasteiger charge is 2.04. The molecule has 2 rings (SSSR count). The lowest BCUT2D eigenvalue weighted by atomic mass is 9.99. The monoisotopic (exact) mass is 272 g/mol. The Hall–Kier alpha value is -1.74. The van der Waals surface area contributed by atoms with Crippen molar-refractivity contribution in [1.82, 2.24) is 0 Å². The molecule has 0 aromatic heterocycles. The van der Waals surface area contributed by atoms with E-state index in [0.29, 0.717) is 0 Å². The smallest absolute Gasteiger partial charge is 0.313 e. The number of thioether (sulfide) groups is 1. The van der Waals surface area contributed by atoms with Gasteiger partial charge in [-0.3, -0.25) is 4.79 Å². The minimum atomic E-state index is -0.764. The zero-order valence-electron chi connectivity index (χ0n) is 10.8. The van der Waals surface area contributed by atoms with Gasteiger partial charge in [0.05, 0.1) is 5.75 Å². The molecule has 0 aliphatic carbocycles. The summed E-state index contributed by atoms with van der Waals surface area (Å²) in [5.74, 6) is 0.112. The lowest BCUT2D eigenvalue weighted by molar-refractivity contribution is -0.133. The average Bonchev–Trinajstić information content (AvgIpc) is 2.41. The Balaban J connectivity index is 2.18. The van der Waals surface area contributed by atoms with Crippen LogP contribution in [0.3, 0.4) is 0 Å². The fourth-order valence-electron chi connectivity index (χ4n) is 1.94. The van der Waals surface area contributed by atoms with Crippen LogP contribution in [0.15, 0.2) is 48.5 Å². The SMILES string of the molecule is Cc1ccc(CSCC(=O)O)cc1-c1ccccc1. The molecule has 0 heterocycles. The van der Waals surface area contributed by atoms with Gasteiger partial charge < -0.3 is 5.11 Å². The predicted molar refractivity (Wildman–Crippen MR) is 80.4 cm³/mol. The fourth-order valence-corrected chi connectivity index (χ4v) is 2.64. The number of carboxylic acids is 1. The Labute approximate surface area is 117 Å². The summed E-state index contributed by atoms with van der Waals surface area (Å²) in [6, 6.07) is 16.6. The van der Waals surface area contributed by atoms with Crippen molar-refractivity contribution < 1.29 is 9.90 Å². The van der Waals surface area contributed by atoms with E-state index in [1.165, 1.54) is 28.5 Å². The molecule has 1 N–H and O–H groups in total. The Morgan fingerprint density at radius 2 is 1.89 bits per heavy atom. The van der Waals surface area contributed by atoms with Gasteiger partial charge in [0.2, 0.25) is 0 Å². The topological polar surface area (TPSA) is 37.3 Å². The van der Waals surface area contributed by atoms with Crippen LogP contribution in [-0.2, 0) is 10.5 Å². The number of carbonyl (C=O) groups is 1. The second-order valence-corrected chi connectivity index (χ2v) is 5.39. The Bertz CT molecular complexity index is 564. The summed E-state index contributed by atoms with van der Waals surface area (Å²) in [4.78, 5) is 10.5. The van der Waals surface area contributed by atoms with Gasteiger partial charge in [-0.05, 0) is 29.2 Å². The molecule has 98 valence electrons. The molecule has 19 heavy (non-hydrogen) atoms. The van der Waals surface area contributed by atoms with Crippen LogP contribution in [0.1, 0.15) is 11.1 Å². The van der Waals surface area contributed by atoms with Crippen LogP contribution >= 0.6 is 11.8 Å². The number of hydrogen-bond donors (Lipinski definition) is 1. The number of aliphatic carboxylic acids is 1. The van der Waals surface area contributed by atoms with Gasteiger partial charge in [-0.25, -0.2) is 0 Å². The van der Waals surface area contributed by atoms with E-state index in [2.05, 4.69) is 37.3 Å². The van der Waals surface area contributed by atoms with Crippen molar-refractivity contribution in [1.29, 1.82) is 0 Å². The minimum absolute atomic E-state index is 0.147. The van der Waals surface area contributed by atoms with Crippen LogP contribution in [-0.4, -0.2) is 16.8 Å². The zero-order chi connectivity index (χ0) is 13.7. The zero-order valence-corrected chi connectivity index (χ0v) is 11.6. The molecular weight excluding hydrogens is 256 g/mol. The highest BCUT2D eigenvalue weighted by Crippen LogP contribution is 2.25. The molecule has 0 saturated carbocycles. The summed E-state index contributed by atoms with van der Waals surface area (Å²) in [6.07, 6.45) is 0. The second-order valence-electron chi connectivity index (χ2n) is 4.40. The molecule has 0 atom stereocenters. The maximum atomic E-state index is 10.5. The Kier molecular flexibility index (Phi) is 4.63. The highest BCUT2D eigenvalue weighted by atomic mass is 32.2. The minimum Gasteiger partial charge on any atom is -0.481 e.